The molecule has 1 aliphatic carbocycles. The second kappa shape index (κ2) is 7.40. The minimum Gasteiger partial charge on any atom is -0.379 e. The largest absolute Gasteiger partial charge is 0.379 e. The normalized spacial score (nSPS) is 17.1. The molecule has 1 aliphatic rings. The van der Waals surface area contributed by atoms with Gasteiger partial charge in [-0.15, -0.1) is 0 Å². The molecule has 1 aromatic heterocycles. The van der Waals surface area contributed by atoms with E-state index in [4.69, 9.17) is 0 Å². The number of aliphatic hydroxyl groups is 1. The van der Waals surface area contributed by atoms with Gasteiger partial charge in [0, 0.05) is 11.6 Å². The van der Waals surface area contributed by atoms with Crippen LogP contribution in [0.4, 0.5) is 0 Å². The lowest BCUT2D eigenvalue weighted by atomic mass is 9.80. The molecule has 1 fully saturated rings. The first-order chi connectivity index (χ1) is 13.5. The molecule has 5 heteroatoms. The molecule has 3 aromatic rings. The van der Waals surface area contributed by atoms with Crippen molar-refractivity contribution in [1.82, 2.24) is 15.3 Å². The first-order valence-electron chi connectivity index (χ1n) is 10.0. The lowest BCUT2D eigenvalue weighted by Crippen LogP contribution is -2.33. The highest BCUT2D eigenvalue weighted by molar-refractivity contribution is 5.98. The first kappa shape index (κ1) is 18.7. The Morgan fingerprint density at radius 2 is 1.89 bits per heavy atom. The molecule has 1 atom stereocenters. The van der Waals surface area contributed by atoms with E-state index in [-0.39, 0.29) is 11.8 Å². The number of H-pyrrole nitrogens is 1. The number of carbonyl (C=O) groups excluding carboxylic acids is 1. The fourth-order valence-corrected chi connectivity index (χ4v) is 4.23. The van der Waals surface area contributed by atoms with E-state index < -0.39 is 5.60 Å². The fourth-order valence-electron chi connectivity index (χ4n) is 4.23. The van der Waals surface area contributed by atoms with E-state index in [0.717, 1.165) is 29.2 Å². The molecule has 5 nitrogen and oxygen atoms in total. The zero-order valence-electron chi connectivity index (χ0n) is 16.4. The number of nitrogens with zero attached hydrogens (tertiary/aromatic N) is 1. The van der Waals surface area contributed by atoms with Gasteiger partial charge in [-0.2, -0.15) is 0 Å². The van der Waals surface area contributed by atoms with Crippen molar-refractivity contribution in [3.05, 3.63) is 65.7 Å². The van der Waals surface area contributed by atoms with Gasteiger partial charge in [-0.25, -0.2) is 4.98 Å². The predicted octanol–water partition coefficient (Wildman–Crippen LogP) is 4.13. The SMILES string of the molecule is CC(C)C(O)(c1ccc2cc(C(=O)NC3CCCC3)ccc2c1)c1cnc[nH]1. The number of imidazole rings is 1. The molecule has 0 radical (unpaired) electrons. The van der Waals surface area contributed by atoms with E-state index in [2.05, 4.69) is 15.3 Å². The summed E-state index contributed by atoms with van der Waals surface area (Å²) >= 11 is 0. The van der Waals surface area contributed by atoms with Gasteiger partial charge >= 0.3 is 0 Å². The molecule has 2 aromatic carbocycles. The van der Waals surface area contributed by atoms with Crippen LogP contribution >= 0.6 is 0 Å². The smallest absolute Gasteiger partial charge is 0.251 e. The second-order valence-corrected chi connectivity index (χ2v) is 8.12. The van der Waals surface area contributed by atoms with Gasteiger partial charge in [-0.1, -0.05) is 44.9 Å². The summed E-state index contributed by atoms with van der Waals surface area (Å²) in [4.78, 5) is 19.7. The molecule has 0 spiro atoms. The molecule has 28 heavy (non-hydrogen) atoms. The molecule has 3 N–H and O–H groups in total. The summed E-state index contributed by atoms with van der Waals surface area (Å²) in [5, 5.41) is 16.6. The van der Waals surface area contributed by atoms with Gasteiger partial charge in [-0.3, -0.25) is 4.79 Å². The molecule has 0 aliphatic heterocycles. The number of aromatic amines is 1. The van der Waals surface area contributed by atoms with Crippen LogP contribution in [0.15, 0.2) is 48.9 Å². The van der Waals surface area contributed by atoms with Gasteiger partial charge in [-0.05, 0) is 53.3 Å². The molecule has 0 bridgehead atoms. The van der Waals surface area contributed by atoms with E-state index in [1.165, 1.54) is 12.8 Å². The van der Waals surface area contributed by atoms with Crippen molar-refractivity contribution >= 4 is 16.7 Å². The molecule has 1 unspecified atom stereocenters. The quantitative estimate of drug-likeness (QED) is 0.626. The average molecular weight is 377 g/mol. The molecule has 1 saturated carbocycles. The highest BCUT2D eigenvalue weighted by Crippen LogP contribution is 2.36. The third kappa shape index (κ3) is 3.31. The third-order valence-electron chi connectivity index (χ3n) is 5.98. The van der Waals surface area contributed by atoms with Gasteiger partial charge in [0.15, 0.2) is 0 Å². The van der Waals surface area contributed by atoms with E-state index in [0.29, 0.717) is 17.3 Å². The Balaban J connectivity index is 1.65. The molecule has 4 rings (SSSR count). The zero-order chi connectivity index (χ0) is 19.7. The van der Waals surface area contributed by atoms with Crippen molar-refractivity contribution in [2.24, 2.45) is 5.92 Å². The number of rotatable bonds is 5. The molecular formula is C23H27N3O2. The number of fused-ring (bicyclic) bond motifs is 1. The van der Waals surface area contributed by atoms with Crippen LogP contribution in [-0.4, -0.2) is 27.0 Å². The summed E-state index contributed by atoms with van der Waals surface area (Å²) in [6, 6.07) is 11.9. The summed E-state index contributed by atoms with van der Waals surface area (Å²) < 4.78 is 0. The van der Waals surface area contributed by atoms with Crippen LogP contribution in [-0.2, 0) is 5.60 Å². The Labute approximate surface area is 165 Å². The average Bonchev–Trinajstić information content (AvgIpc) is 3.40. The highest BCUT2D eigenvalue weighted by Gasteiger charge is 2.36. The maximum absolute atomic E-state index is 12.6. The van der Waals surface area contributed by atoms with E-state index in [1.807, 2.05) is 50.2 Å². The Kier molecular flexibility index (Phi) is 4.94. The van der Waals surface area contributed by atoms with Crippen molar-refractivity contribution in [1.29, 1.82) is 0 Å². The number of benzene rings is 2. The Morgan fingerprint density at radius 1 is 1.18 bits per heavy atom. The lowest BCUT2D eigenvalue weighted by Gasteiger charge is -2.32. The minimum absolute atomic E-state index is 0.00554. The highest BCUT2D eigenvalue weighted by atomic mass is 16.3. The Morgan fingerprint density at radius 3 is 2.57 bits per heavy atom. The van der Waals surface area contributed by atoms with Gasteiger partial charge < -0.3 is 15.4 Å². The predicted molar refractivity (Wildman–Crippen MR) is 110 cm³/mol. The van der Waals surface area contributed by atoms with Crippen LogP contribution in [0.25, 0.3) is 10.8 Å². The summed E-state index contributed by atoms with van der Waals surface area (Å²) in [6.07, 6.45) is 7.79. The summed E-state index contributed by atoms with van der Waals surface area (Å²) in [5.41, 5.74) is 1.01. The van der Waals surface area contributed by atoms with Crippen LogP contribution in [0.3, 0.4) is 0 Å². The van der Waals surface area contributed by atoms with Crippen molar-refractivity contribution in [2.45, 2.75) is 51.2 Å². The molecule has 0 saturated heterocycles. The van der Waals surface area contributed by atoms with Crippen LogP contribution in [0, 0.1) is 5.92 Å². The van der Waals surface area contributed by atoms with E-state index in [1.54, 1.807) is 12.5 Å². The number of carbonyl (C=O) groups is 1. The first-order valence-corrected chi connectivity index (χ1v) is 10.0. The number of aromatic nitrogens is 2. The summed E-state index contributed by atoms with van der Waals surface area (Å²) in [5.74, 6) is -0.0455. The topological polar surface area (TPSA) is 78.0 Å². The number of nitrogens with one attached hydrogen (secondary N) is 2. The molecule has 146 valence electrons. The minimum atomic E-state index is -1.15. The van der Waals surface area contributed by atoms with Crippen LogP contribution in [0.5, 0.6) is 0 Å². The van der Waals surface area contributed by atoms with Crippen LogP contribution in [0.2, 0.25) is 0 Å². The number of hydrogen-bond donors (Lipinski definition) is 3. The maximum Gasteiger partial charge on any atom is 0.251 e. The maximum atomic E-state index is 12.6. The number of amides is 1. The van der Waals surface area contributed by atoms with Crippen molar-refractivity contribution in [2.75, 3.05) is 0 Å². The van der Waals surface area contributed by atoms with Crippen LogP contribution in [0.1, 0.15) is 61.1 Å². The van der Waals surface area contributed by atoms with E-state index >= 15 is 0 Å². The number of hydrogen-bond acceptors (Lipinski definition) is 3. The standard InChI is InChI=1S/C23H27N3O2/c1-15(2)23(28,21-13-24-14-25-21)19-10-9-16-11-18(8-7-17(16)12-19)22(27)26-20-5-3-4-6-20/h7-15,20,28H,3-6H2,1-2H3,(H,24,25)(H,26,27). The summed E-state index contributed by atoms with van der Waals surface area (Å²) in [6.45, 7) is 3.98. The fraction of sp³-hybridized carbons (Fsp3) is 0.391. The van der Waals surface area contributed by atoms with Gasteiger partial charge in [0.05, 0.1) is 18.2 Å². The monoisotopic (exact) mass is 377 g/mol. The lowest BCUT2D eigenvalue weighted by molar-refractivity contribution is 0.0280. The summed E-state index contributed by atoms with van der Waals surface area (Å²) in [7, 11) is 0. The molecular weight excluding hydrogens is 350 g/mol. The molecule has 1 heterocycles. The Bertz CT molecular complexity index is 975. The van der Waals surface area contributed by atoms with Crippen molar-refractivity contribution in [3.63, 3.8) is 0 Å². The van der Waals surface area contributed by atoms with Crippen molar-refractivity contribution in [3.8, 4) is 0 Å². The van der Waals surface area contributed by atoms with Crippen molar-refractivity contribution < 1.29 is 9.90 Å². The van der Waals surface area contributed by atoms with Crippen LogP contribution < -0.4 is 5.32 Å². The van der Waals surface area contributed by atoms with Gasteiger partial charge in [0.2, 0.25) is 0 Å². The molecule has 1 amide bonds. The van der Waals surface area contributed by atoms with Gasteiger partial charge in [0.1, 0.15) is 5.60 Å². The Hall–Kier alpha value is -2.66. The third-order valence-corrected chi connectivity index (χ3v) is 5.98. The van der Waals surface area contributed by atoms with E-state index in [9.17, 15) is 9.90 Å². The zero-order valence-corrected chi connectivity index (χ0v) is 16.4. The second-order valence-electron chi connectivity index (χ2n) is 8.12. The van der Waals surface area contributed by atoms with Gasteiger partial charge in [0.25, 0.3) is 5.91 Å².